The van der Waals surface area contributed by atoms with E-state index in [-0.39, 0.29) is 0 Å². The highest BCUT2D eigenvalue weighted by atomic mass is 79.9. The Labute approximate surface area is 120 Å². The van der Waals surface area contributed by atoms with Gasteiger partial charge in [-0.15, -0.1) is 11.3 Å². The van der Waals surface area contributed by atoms with Crippen molar-refractivity contribution in [2.24, 2.45) is 0 Å². The fourth-order valence-electron chi connectivity index (χ4n) is 1.57. The Kier molecular flexibility index (Phi) is 4.86. The Hall–Kier alpha value is -0.780. The summed E-state index contributed by atoms with van der Waals surface area (Å²) in [7, 11) is 0. The van der Waals surface area contributed by atoms with Crippen LogP contribution >= 0.6 is 27.3 Å². The average molecular weight is 326 g/mol. The van der Waals surface area contributed by atoms with Crippen molar-refractivity contribution in [3.63, 3.8) is 0 Å². The quantitative estimate of drug-likeness (QED) is 0.901. The molecule has 1 atom stereocenters. The topological polar surface area (TPSA) is 37.8 Å². The van der Waals surface area contributed by atoms with Gasteiger partial charge in [0.2, 0.25) is 0 Å². The minimum Gasteiger partial charge on any atom is -0.309 e. The minimum absolute atomic E-state index is 0.353. The summed E-state index contributed by atoms with van der Waals surface area (Å²) in [6, 6.07) is 4.32. The summed E-state index contributed by atoms with van der Waals surface area (Å²) in [6.07, 6.45) is 4.89. The van der Waals surface area contributed by atoms with Crippen LogP contribution in [0.4, 0.5) is 0 Å². The molecule has 0 fully saturated rings. The molecule has 0 saturated heterocycles. The standard InChI is InChI=1S/C13H16BrN3S/c1-3-6-15-9(2)12-8-17-13(18-12)11-5-4-10(14)7-16-11/h4-5,7-9,15H,3,6H2,1-2H3. The molecule has 96 valence electrons. The molecule has 2 aromatic heterocycles. The van der Waals surface area contributed by atoms with Crippen molar-refractivity contribution < 1.29 is 0 Å². The smallest absolute Gasteiger partial charge is 0.142 e. The first-order valence-corrected chi connectivity index (χ1v) is 7.62. The summed E-state index contributed by atoms with van der Waals surface area (Å²) < 4.78 is 0.987. The van der Waals surface area contributed by atoms with E-state index in [1.54, 1.807) is 17.5 Å². The molecule has 2 heterocycles. The number of halogens is 1. The van der Waals surface area contributed by atoms with Gasteiger partial charge in [-0.3, -0.25) is 4.98 Å². The van der Waals surface area contributed by atoms with Gasteiger partial charge >= 0.3 is 0 Å². The normalized spacial score (nSPS) is 12.6. The van der Waals surface area contributed by atoms with Crippen LogP contribution in [0.1, 0.15) is 31.2 Å². The molecule has 3 nitrogen and oxygen atoms in total. The molecule has 0 aliphatic carbocycles. The van der Waals surface area contributed by atoms with Crippen LogP contribution in [0.25, 0.3) is 10.7 Å². The largest absolute Gasteiger partial charge is 0.309 e. The number of pyridine rings is 1. The van der Waals surface area contributed by atoms with Gasteiger partial charge in [-0.05, 0) is 48.0 Å². The van der Waals surface area contributed by atoms with Gasteiger partial charge in [0.15, 0.2) is 0 Å². The molecule has 18 heavy (non-hydrogen) atoms. The second kappa shape index (κ2) is 6.41. The van der Waals surface area contributed by atoms with E-state index in [1.165, 1.54) is 4.88 Å². The Bertz CT molecular complexity index is 495. The summed E-state index contributed by atoms with van der Waals surface area (Å²) in [5.74, 6) is 0. The first-order chi connectivity index (χ1) is 8.70. The third kappa shape index (κ3) is 3.37. The molecule has 0 aromatic carbocycles. The molecule has 1 unspecified atom stereocenters. The molecule has 0 aliphatic heterocycles. The van der Waals surface area contributed by atoms with Crippen molar-refractivity contribution in [1.29, 1.82) is 0 Å². The van der Waals surface area contributed by atoms with Crippen LogP contribution < -0.4 is 5.32 Å². The van der Waals surface area contributed by atoms with E-state index in [2.05, 4.69) is 45.1 Å². The van der Waals surface area contributed by atoms with E-state index in [4.69, 9.17) is 0 Å². The number of nitrogens with one attached hydrogen (secondary N) is 1. The number of hydrogen-bond donors (Lipinski definition) is 1. The van der Waals surface area contributed by atoms with Gasteiger partial charge < -0.3 is 5.32 Å². The van der Waals surface area contributed by atoms with Gasteiger partial charge in [-0.1, -0.05) is 6.92 Å². The number of hydrogen-bond acceptors (Lipinski definition) is 4. The lowest BCUT2D eigenvalue weighted by molar-refractivity contribution is 0.577. The highest BCUT2D eigenvalue weighted by Crippen LogP contribution is 2.27. The van der Waals surface area contributed by atoms with Gasteiger partial charge in [0, 0.05) is 27.8 Å². The van der Waals surface area contributed by atoms with Crippen LogP contribution in [-0.4, -0.2) is 16.5 Å². The minimum atomic E-state index is 0.353. The molecule has 0 saturated carbocycles. The second-order valence-corrected chi connectivity index (χ2v) is 6.08. The summed E-state index contributed by atoms with van der Waals surface area (Å²) in [5.41, 5.74) is 0.928. The predicted octanol–water partition coefficient (Wildman–Crippen LogP) is 4.03. The molecule has 2 aromatic rings. The lowest BCUT2D eigenvalue weighted by Crippen LogP contribution is -2.18. The highest BCUT2D eigenvalue weighted by Gasteiger charge is 2.10. The van der Waals surface area contributed by atoms with Crippen molar-refractivity contribution in [3.8, 4) is 10.7 Å². The monoisotopic (exact) mass is 325 g/mol. The molecular formula is C13H16BrN3S. The van der Waals surface area contributed by atoms with Crippen LogP contribution in [0.15, 0.2) is 29.0 Å². The Morgan fingerprint density at radius 3 is 2.83 bits per heavy atom. The molecule has 0 amide bonds. The molecular weight excluding hydrogens is 310 g/mol. The van der Waals surface area contributed by atoms with Gasteiger partial charge in [-0.25, -0.2) is 4.98 Å². The molecule has 0 aliphatic rings. The molecule has 5 heteroatoms. The third-order valence-corrected chi connectivity index (χ3v) is 4.27. The van der Waals surface area contributed by atoms with Crippen molar-refractivity contribution in [1.82, 2.24) is 15.3 Å². The van der Waals surface area contributed by atoms with E-state index in [0.29, 0.717) is 6.04 Å². The number of thiazole rings is 1. The summed E-state index contributed by atoms with van der Waals surface area (Å²) in [6.45, 7) is 5.37. The SMILES string of the molecule is CCCNC(C)c1cnc(-c2ccc(Br)cn2)s1. The van der Waals surface area contributed by atoms with E-state index >= 15 is 0 Å². The summed E-state index contributed by atoms with van der Waals surface area (Å²) >= 11 is 5.08. The van der Waals surface area contributed by atoms with Crippen molar-refractivity contribution in [3.05, 3.63) is 33.9 Å². The Morgan fingerprint density at radius 1 is 1.33 bits per heavy atom. The first kappa shape index (κ1) is 13.6. The first-order valence-electron chi connectivity index (χ1n) is 6.01. The Morgan fingerprint density at radius 2 is 2.17 bits per heavy atom. The maximum absolute atomic E-state index is 4.45. The summed E-state index contributed by atoms with van der Waals surface area (Å²) in [5, 5.41) is 4.44. The summed E-state index contributed by atoms with van der Waals surface area (Å²) in [4.78, 5) is 10.1. The van der Waals surface area contributed by atoms with Crippen LogP contribution in [0.3, 0.4) is 0 Å². The Balaban J connectivity index is 2.12. The van der Waals surface area contributed by atoms with Gasteiger partial charge in [0.25, 0.3) is 0 Å². The number of rotatable bonds is 5. The molecule has 0 bridgehead atoms. The molecule has 0 radical (unpaired) electrons. The van der Waals surface area contributed by atoms with Crippen LogP contribution in [0.2, 0.25) is 0 Å². The molecule has 1 N–H and O–H groups in total. The number of nitrogens with zero attached hydrogens (tertiary/aromatic N) is 2. The zero-order valence-electron chi connectivity index (χ0n) is 10.5. The van der Waals surface area contributed by atoms with Crippen LogP contribution in [0.5, 0.6) is 0 Å². The lowest BCUT2D eigenvalue weighted by atomic mass is 10.3. The van der Waals surface area contributed by atoms with Gasteiger partial charge in [0.05, 0.1) is 5.69 Å². The van der Waals surface area contributed by atoms with Gasteiger partial charge in [0.1, 0.15) is 5.01 Å². The maximum Gasteiger partial charge on any atom is 0.142 e. The van der Waals surface area contributed by atoms with Crippen molar-refractivity contribution in [2.45, 2.75) is 26.3 Å². The zero-order valence-corrected chi connectivity index (χ0v) is 12.9. The second-order valence-electron chi connectivity index (χ2n) is 4.11. The predicted molar refractivity (Wildman–Crippen MR) is 79.8 cm³/mol. The van der Waals surface area contributed by atoms with Crippen LogP contribution in [-0.2, 0) is 0 Å². The van der Waals surface area contributed by atoms with E-state index in [0.717, 1.165) is 28.1 Å². The highest BCUT2D eigenvalue weighted by molar-refractivity contribution is 9.10. The molecule has 2 rings (SSSR count). The van der Waals surface area contributed by atoms with E-state index in [1.807, 2.05) is 18.3 Å². The van der Waals surface area contributed by atoms with Gasteiger partial charge in [-0.2, -0.15) is 0 Å². The third-order valence-electron chi connectivity index (χ3n) is 2.60. The van der Waals surface area contributed by atoms with E-state index in [9.17, 15) is 0 Å². The van der Waals surface area contributed by atoms with Crippen molar-refractivity contribution >= 4 is 27.3 Å². The van der Waals surface area contributed by atoms with Crippen LogP contribution in [0, 0.1) is 0 Å². The van der Waals surface area contributed by atoms with E-state index < -0.39 is 0 Å². The van der Waals surface area contributed by atoms with Crippen molar-refractivity contribution in [2.75, 3.05) is 6.54 Å². The average Bonchev–Trinajstić information content (AvgIpc) is 2.86. The zero-order chi connectivity index (χ0) is 13.0. The fourth-order valence-corrected chi connectivity index (χ4v) is 2.72. The maximum atomic E-state index is 4.45. The number of aromatic nitrogens is 2. The molecule has 0 spiro atoms. The lowest BCUT2D eigenvalue weighted by Gasteiger charge is -2.09. The fraction of sp³-hybridized carbons (Fsp3) is 0.385.